The summed E-state index contributed by atoms with van der Waals surface area (Å²) in [6.07, 6.45) is 1.05. The molecular weight excluding hydrogens is 104 g/mol. The van der Waals surface area contributed by atoms with E-state index in [-0.39, 0.29) is 11.9 Å². The molecular formula is C5H8N2O. The van der Waals surface area contributed by atoms with Gasteiger partial charge in [-0.15, -0.1) is 0 Å². The number of carbonyl (C=O) groups is 1. The van der Waals surface area contributed by atoms with Gasteiger partial charge in [-0.25, -0.2) is 0 Å². The molecule has 1 amide bonds. The van der Waals surface area contributed by atoms with Gasteiger partial charge in [-0.1, -0.05) is 0 Å². The van der Waals surface area contributed by atoms with Crippen LogP contribution < -0.4 is 10.6 Å². The maximum absolute atomic E-state index is 10.7. The molecule has 3 aliphatic heterocycles. The lowest BCUT2D eigenvalue weighted by molar-refractivity contribution is -0.129. The van der Waals surface area contributed by atoms with E-state index in [1.165, 1.54) is 0 Å². The molecule has 2 bridgehead atoms. The number of amides is 1. The fraction of sp³-hybridized carbons (Fsp3) is 0.800. The fourth-order valence-electron chi connectivity index (χ4n) is 1.22. The Morgan fingerprint density at radius 3 is 2.62 bits per heavy atom. The molecule has 3 heterocycles. The van der Waals surface area contributed by atoms with E-state index in [0.29, 0.717) is 6.04 Å². The third kappa shape index (κ3) is 0.395. The highest BCUT2D eigenvalue weighted by molar-refractivity contribution is 5.84. The number of fused-ring (bicyclic) bond motifs is 2. The molecule has 2 N–H and O–H groups in total. The van der Waals surface area contributed by atoms with E-state index in [0.717, 1.165) is 13.0 Å². The van der Waals surface area contributed by atoms with Crippen molar-refractivity contribution in [1.29, 1.82) is 0 Å². The number of nitrogens with one attached hydrogen (secondary N) is 2. The Balaban J connectivity index is 2.10. The lowest BCUT2D eigenvalue weighted by Gasteiger charge is -2.41. The van der Waals surface area contributed by atoms with E-state index < -0.39 is 0 Å². The summed E-state index contributed by atoms with van der Waals surface area (Å²) in [5.41, 5.74) is 0. The highest BCUT2D eigenvalue weighted by Gasteiger charge is 2.37. The largest absolute Gasteiger partial charge is 0.353 e. The summed E-state index contributed by atoms with van der Waals surface area (Å²) in [6, 6.07) is 0.728. The van der Waals surface area contributed by atoms with Gasteiger partial charge in [-0.05, 0) is 6.42 Å². The Labute approximate surface area is 47.4 Å². The van der Waals surface area contributed by atoms with Crippen LogP contribution in [0.4, 0.5) is 0 Å². The molecule has 1 unspecified atom stereocenters. The van der Waals surface area contributed by atoms with Crippen molar-refractivity contribution in [3.63, 3.8) is 0 Å². The molecule has 44 valence electrons. The molecule has 0 saturated carbocycles. The molecule has 0 aromatic carbocycles. The smallest absolute Gasteiger partial charge is 0.237 e. The molecule has 0 aromatic rings. The van der Waals surface area contributed by atoms with Crippen LogP contribution in [0.2, 0.25) is 0 Å². The molecule has 0 radical (unpaired) electrons. The Morgan fingerprint density at radius 1 is 1.62 bits per heavy atom. The molecule has 3 fully saturated rings. The van der Waals surface area contributed by atoms with Crippen LogP contribution in [0.15, 0.2) is 0 Å². The Bertz CT molecular complexity index is 126. The summed E-state index contributed by atoms with van der Waals surface area (Å²) >= 11 is 0. The van der Waals surface area contributed by atoms with Crippen LogP contribution in [0.1, 0.15) is 6.42 Å². The van der Waals surface area contributed by atoms with E-state index in [1.54, 1.807) is 0 Å². The lowest BCUT2D eigenvalue weighted by Crippen LogP contribution is -2.68. The van der Waals surface area contributed by atoms with Crippen molar-refractivity contribution in [3.05, 3.63) is 0 Å². The summed E-state index contributed by atoms with van der Waals surface area (Å²) in [5, 5.41) is 5.90. The summed E-state index contributed by atoms with van der Waals surface area (Å²) in [7, 11) is 0. The van der Waals surface area contributed by atoms with Gasteiger partial charge in [0.05, 0.1) is 6.04 Å². The van der Waals surface area contributed by atoms with Crippen LogP contribution in [0, 0.1) is 0 Å². The Morgan fingerprint density at radius 2 is 2.38 bits per heavy atom. The number of piperazine rings is 1. The van der Waals surface area contributed by atoms with Crippen LogP contribution in [-0.4, -0.2) is 24.5 Å². The third-order valence-corrected chi connectivity index (χ3v) is 1.80. The Kier molecular flexibility index (Phi) is 0.663. The average Bonchev–Trinajstić information content (AvgIpc) is 1.62. The minimum atomic E-state index is 0.147. The number of carbonyl (C=O) groups excluding carboxylic acids is 1. The van der Waals surface area contributed by atoms with Crippen molar-refractivity contribution in [2.45, 2.75) is 18.5 Å². The van der Waals surface area contributed by atoms with Crippen molar-refractivity contribution in [3.8, 4) is 0 Å². The monoisotopic (exact) mass is 112 g/mol. The predicted molar refractivity (Wildman–Crippen MR) is 28.3 cm³/mol. The van der Waals surface area contributed by atoms with Gasteiger partial charge in [0.15, 0.2) is 0 Å². The van der Waals surface area contributed by atoms with E-state index in [2.05, 4.69) is 10.6 Å². The zero-order chi connectivity index (χ0) is 5.56. The first-order valence-corrected chi connectivity index (χ1v) is 2.90. The fourth-order valence-corrected chi connectivity index (χ4v) is 1.22. The first-order chi connectivity index (χ1) is 3.86. The molecule has 0 aromatic heterocycles. The molecule has 3 aliphatic rings. The normalized spacial score (nSPS) is 42.8. The van der Waals surface area contributed by atoms with Gasteiger partial charge in [0.2, 0.25) is 5.91 Å². The van der Waals surface area contributed by atoms with Crippen molar-refractivity contribution in [1.82, 2.24) is 10.6 Å². The molecule has 2 atom stereocenters. The minimum absolute atomic E-state index is 0.147. The topological polar surface area (TPSA) is 41.1 Å². The molecule has 3 saturated heterocycles. The second-order valence-electron chi connectivity index (χ2n) is 2.40. The van der Waals surface area contributed by atoms with Crippen LogP contribution in [0.5, 0.6) is 0 Å². The van der Waals surface area contributed by atoms with Gasteiger partial charge in [0.1, 0.15) is 0 Å². The van der Waals surface area contributed by atoms with Crippen LogP contribution in [0.25, 0.3) is 0 Å². The number of hydrogen-bond donors (Lipinski definition) is 2. The number of rotatable bonds is 0. The van der Waals surface area contributed by atoms with Gasteiger partial charge >= 0.3 is 0 Å². The zero-order valence-corrected chi connectivity index (χ0v) is 4.48. The van der Waals surface area contributed by atoms with Crippen molar-refractivity contribution in [2.75, 3.05) is 6.54 Å². The summed E-state index contributed by atoms with van der Waals surface area (Å²) in [5.74, 6) is 0.174. The molecule has 3 rings (SSSR count). The average molecular weight is 112 g/mol. The van der Waals surface area contributed by atoms with Crippen molar-refractivity contribution >= 4 is 5.91 Å². The molecule has 8 heavy (non-hydrogen) atoms. The molecule has 0 aliphatic carbocycles. The summed E-state index contributed by atoms with van der Waals surface area (Å²) in [4.78, 5) is 10.7. The summed E-state index contributed by atoms with van der Waals surface area (Å²) < 4.78 is 0. The molecule has 0 spiro atoms. The zero-order valence-electron chi connectivity index (χ0n) is 4.48. The maximum atomic E-state index is 10.7. The first kappa shape index (κ1) is 4.32. The van der Waals surface area contributed by atoms with Gasteiger partial charge in [0.25, 0.3) is 0 Å². The van der Waals surface area contributed by atoms with E-state index in [1.807, 2.05) is 0 Å². The van der Waals surface area contributed by atoms with Crippen LogP contribution in [0.3, 0.4) is 0 Å². The third-order valence-electron chi connectivity index (χ3n) is 1.80. The minimum Gasteiger partial charge on any atom is -0.353 e. The summed E-state index contributed by atoms with van der Waals surface area (Å²) in [6.45, 7) is 0.829. The highest BCUT2D eigenvalue weighted by Crippen LogP contribution is 2.14. The second kappa shape index (κ2) is 1.23. The Hall–Kier alpha value is -0.570. The van der Waals surface area contributed by atoms with Gasteiger partial charge in [0, 0.05) is 12.6 Å². The van der Waals surface area contributed by atoms with Gasteiger partial charge < -0.3 is 10.6 Å². The number of hydrogen-bond acceptors (Lipinski definition) is 2. The van der Waals surface area contributed by atoms with Crippen LogP contribution >= 0.6 is 0 Å². The lowest BCUT2D eigenvalue weighted by atomic mass is 9.92. The number of piperidine rings is 1. The molecule has 3 heteroatoms. The van der Waals surface area contributed by atoms with Crippen LogP contribution in [-0.2, 0) is 4.79 Å². The maximum Gasteiger partial charge on any atom is 0.237 e. The van der Waals surface area contributed by atoms with E-state index >= 15 is 0 Å². The van der Waals surface area contributed by atoms with E-state index in [4.69, 9.17) is 0 Å². The predicted octanol–water partition coefficient (Wildman–Crippen LogP) is -1.15. The van der Waals surface area contributed by atoms with Gasteiger partial charge in [-0.3, -0.25) is 4.79 Å². The quantitative estimate of drug-likeness (QED) is 0.415. The van der Waals surface area contributed by atoms with Crippen molar-refractivity contribution < 1.29 is 4.79 Å². The highest BCUT2D eigenvalue weighted by atomic mass is 16.2. The van der Waals surface area contributed by atoms with E-state index in [9.17, 15) is 4.79 Å². The second-order valence-corrected chi connectivity index (χ2v) is 2.40. The first-order valence-electron chi connectivity index (χ1n) is 2.90. The standard InChI is InChI=1S/C5H8N2O/c8-5-4-1-3(7-4)2-6-5/h3-4,7H,1-2H2,(H,6,8)/t3-,4?/m1/s1. The molecule has 3 nitrogen and oxygen atoms in total. The SMILES string of the molecule is O=C1NC[C@H]2CC1N2. The van der Waals surface area contributed by atoms with Gasteiger partial charge in [-0.2, -0.15) is 0 Å². The van der Waals surface area contributed by atoms with Crippen molar-refractivity contribution in [2.24, 2.45) is 0 Å².